The summed E-state index contributed by atoms with van der Waals surface area (Å²) in [6, 6.07) is 5.72. The predicted octanol–water partition coefficient (Wildman–Crippen LogP) is 5.72. The van der Waals surface area contributed by atoms with Crippen molar-refractivity contribution in [2.24, 2.45) is 0 Å². The molecule has 162 valence electrons. The SMILES string of the molecule is CC1(S(=O)(=O)c2cccc(C(F)(F)F)c2)CCOC(c2ncc(C3CC3)cc2Cl)C1. The molecule has 4 nitrogen and oxygen atoms in total. The molecular weight excluding hydrogens is 439 g/mol. The fraction of sp³-hybridized carbons (Fsp3) is 0.476. The van der Waals surface area contributed by atoms with E-state index in [2.05, 4.69) is 4.98 Å². The van der Waals surface area contributed by atoms with Crippen molar-refractivity contribution in [2.45, 2.75) is 60.4 Å². The van der Waals surface area contributed by atoms with Gasteiger partial charge in [-0.1, -0.05) is 17.7 Å². The first-order chi connectivity index (χ1) is 14.0. The maximum atomic E-state index is 13.3. The van der Waals surface area contributed by atoms with Crippen LogP contribution in [-0.2, 0) is 20.8 Å². The molecule has 2 atom stereocenters. The molecular formula is C21H21ClF3NO3S. The zero-order valence-corrected chi connectivity index (χ0v) is 17.8. The van der Waals surface area contributed by atoms with Crippen molar-refractivity contribution < 1.29 is 26.3 Å². The average Bonchev–Trinajstić information content (AvgIpc) is 3.52. The number of halogens is 4. The summed E-state index contributed by atoms with van der Waals surface area (Å²) in [7, 11) is -4.06. The van der Waals surface area contributed by atoms with Gasteiger partial charge in [-0.2, -0.15) is 13.2 Å². The number of sulfone groups is 1. The molecule has 2 heterocycles. The summed E-state index contributed by atoms with van der Waals surface area (Å²) >= 11 is 6.41. The first kappa shape index (κ1) is 21.6. The number of aromatic nitrogens is 1. The molecule has 2 aliphatic rings. The second-order valence-electron chi connectivity index (χ2n) is 8.20. The minimum atomic E-state index is -4.62. The van der Waals surface area contributed by atoms with Crippen LogP contribution in [0.4, 0.5) is 13.2 Å². The molecule has 1 saturated heterocycles. The zero-order valence-electron chi connectivity index (χ0n) is 16.2. The lowest BCUT2D eigenvalue weighted by atomic mass is 9.94. The number of rotatable bonds is 4. The minimum absolute atomic E-state index is 0.0566. The van der Waals surface area contributed by atoms with Gasteiger partial charge >= 0.3 is 6.18 Å². The third kappa shape index (κ3) is 3.97. The lowest BCUT2D eigenvalue weighted by molar-refractivity contribution is -0.137. The Kier molecular flexibility index (Phi) is 5.39. The molecule has 1 aliphatic heterocycles. The number of pyridine rings is 1. The van der Waals surface area contributed by atoms with Gasteiger partial charge < -0.3 is 4.74 Å². The maximum absolute atomic E-state index is 13.3. The van der Waals surface area contributed by atoms with E-state index in [4.69, 9.17) is 16.3 Å². The maximum Gasteiger partial charge on any atom is 0.416 e. The third-order valence-electron chi connectivity index (χ3n) is 5.93. The van der Waals surface area contributed by atoms with Gasteiger partial charge in [-0.3, -0.25) is 4.98 Å². The molecule has 0 N–H and O–H groups in total. The van der Waals surface area contributed by atoms with Gasteiger partial charge in [0.2, 0.25) is 0 Å². The van der Waals surface area contributed by atoms with Crippen molar-refractivity contribution in [1.82, 2.24) is 4.98 Å². The lowest BCUT2D eigenvalue weighted by Gasteiger charge is -2.37. The van der Waals surface area contributed by atoms with Crippen LogP contribution in [0, 0.1) is 0 Å². The largest absolute Gasteiger partial charge is 0.416 e. The Morgan fingerprint density at radius 2 is 1.97 bits per heavy atom. The molecule has 9 heteroatoms. The second kappa shape index (κ2) is 7.50. The van der Waals surface area contributed by atoms with E-state index in [-0.39, 0.29) is 24.3 Å². The van der Waals surface area contributed by atoms with Gasteiger partial charge in [-0.05, 0) is 68.4 Å². The second-order valence-corrected chi connectivity index (χ2v) is 11.1. The normalized spacial score (nSPS) is 25.3. The highest BCUT2D eigenvalue weighted by Crippen LogP contribution is 2.45. The van der Waals surface area contributed by atoms with Crippen LogP contribution in [-0.4, -0.2) is 24.8 Å². The van der Waals surface area contributed by atoms with E-state index in [0.717, 1.165) is 30.5 Å². The number of hydrogen-bond donors (Lipinski definition) is 0. The Bertz CT molecular complexity index is 1070. The Balaban J connectivity index is 1.64. The molecule has 0 bridgehead atoms. The topological polar surface area (TPSA) is 56.3 Å². The van der Waals surface area contributed by atoms with Crippen LogP contribution >= 0.6 is 11.6 Å². The van der Waals surface area contributed by atoms with Gasteiger partial charge in [0.25, 0.3) is 0 Å². The monoisotopic (exact) mass is 459 g/mol. The van der Waals surface area contributed by atoms with Crippen LogP contribution in [0.15, 0.2) is 41.4 Å². The Morgan fingerprint density at radius 3 is 2.60 bits per heavy atom. The van der Waals surface area contributed by atoms with Gasteiger partial charge in [0.15, 0.2) is 9.84 Å². The van der Waals surface area contributed by atoms with E-state index in [1.807, 2.05) is 6.07 Å². The molecule has 1 aromatic carbocycles. The zero-order chi connectivity index (χ0) is 21.7. The van der Waals surface area contributed by atoms with Crippen molar-refractivity contribution in [1.29, 1.82) is 0 Å². The van der Waals surface area contributed by atoms with Crippen LogP contribution in [0.1, 0.15) is 61.4 Å². The van der Waals surface area contributed by atoms with Crippen molar-refractivity contribution >= 4 is 21.4 Å². The average molecular weight is 460 g/mol. The highest BCUT2D eigenvalue weighted by molar-refractivity contribution is 7.92. The molecule has 2 aromatic rings. The van der Waals surface area contributed by atoms with Crippen molar-refractivity contribution in [3.05, 3.63) is 58.4 Å². The van der Waals surface area contributed by atoms with Crippen molar-refractivity contribution in [3.63, 3.8) is 0 Å². The summed E-state index contributed by atoms with van der Waals surface area (Å²) in [5, 5.41) is 0.421. The smallest absolute Gasteiger partial charge is 0.372 e. The highest BCUT2D eigenvalue weighted by atomic mass is 35.5. The summed E-state index contributed by atoms with van der Waals surface area (Å²) in [6.07, 6.45) is -1.10. The number of nitrogens with zero attached hydrogens (tertiary/aromatic N) is 1. The molecule has 0 radical (unpaired) electrons. The predicted molar refractivity (Wildman–Crippen MR) is 106 cm³/mol. The van der Waals surface area contributed by atoms with E-state index in [0.29, 0.717) is 22.7 Å². The van der Waals surface area contributed by atoms with E-state index in [1.54, 1.807) is 13.1 Å². The first-order valence-electron chi connectivity index (χ1n) is 9.70. The third-order valence-corrected chi connectivity index (χ3v) is 8.78. The minimum Gasteiger partial charge on any atom is -0.372 e. The molecule has 30 heavy (non-hydrogen) atoms. The van der Waals surface area contributed by atoms with Gasteiger partial charge in [0.05, 0.1) is 25.9 Å². The Hall–Kier alpha value is -1.64. The van der Waals surface area contributed by atoms with Crippen LogP contribution in [0.3, 0.4) is 0 Å². The van der Waals surface area contributed by atoms with Gasteiger partial charge in [0.1, 0.15) is 6.10 Å². The quantitative estimate of drug-likeness (QED) is 0.587. The van der Waals surface area contributed by atoms with E-state index in [1.165, 1.54) is 6.07 Å². The van der Waals surface area contributed by atoms with E-state index >= 15 is 0 Å². The van der Waals surface area contributed by atoms with Crippen LogP contribution in [0.25, 0.3) is 0 Å². The molecule has 2 unspecified atom stereocenters. The molecule has 4 rings (SSSR count). The van der Waals surface area contributed by atoms with E-state index in [9.17, 15) is 21.6 Å². The molecule has 1 saturated carbocycles. The summed E-state index contributed by atoms with van der Waals surface area (Å²) in [5.74, 6) is 0.475. The fourth-order valence-electron chi connectivity index (χ4n) is 3.85. The summed E-state index contributed by atoms with van der Waals surface area (Å²) < 4.78 is 70.4. The number of ether oxygens (including phenoxy) is 1. The molecule has 0 spiro atoms. The van der Waals surface area contributed by atoms with Gasteiger partial charge in [-0.25, -0.2) is 8.42 Å². The van der Waals surface area contributed by atoms with Crippen LogP contribution in [0.2, 0.25) is 5.02 Å². The molecule has 0 amide bonds. The molecule has 2 fully saturated rings. The van der Waals surface area contributed by atoms with Crippen LogP contribution < -0.4 is 0 Å². The Labute approximate surface area is 178 Å². The summed E-state index contributed by atoms with van der Waals surface area (Å²) in [5.41, 5.74) is 0.529. The fourth-order valence-corrected chi connectivity index (χ4v) is 5.98. The lowest BCUT2D eigenvalue weighted by Crippen LogP contribution is -2.42. The number of hydrogen-bond acceptors (Lipinski definition) is 4. The van der Waals surface area contributed by atoms with Gasteiger partial charge in [-0.15, -0.1) is 0 Å². The molecule has 1 aliphatic carbocycles. The van der Waals surface area contributed by atoms with Crippen LogP contribution in [0.5, 0.6) is 0 Å². The number of benzene rings is 1. The van der Waals surface area contributed by atoms with Crippen molar-refractivity contribution in [3.8, 4) is 0 Å². The standard InChI is InChI=1S/C21H21ClF3NO3S/c1-20(30(27,28)16-4-2-3-15(10-16)21(23,24)25)7-8-29-18(11-20)19-17(22)9-14(12-26-19)13-5-6-13/h2-4,9-10,12-13,18H,5-8,11H2,1H3. The summed E-state index contributed by atoms with van der Waals surface area (Å²) in [4.78, 5) is 4.09. The van der Waals surface area contributed by atoms with Gasteiger partial charge in [0, 0.05) is 12.8 Å². The highest BCUT2D eigenvalue weighted by Gasteiger charge is 2.46. The Morgan fingerprint density at radius 1 is 1.23 bits per heavy atom. The summed E-state index contributed by atoms with van der Waals surface area (Å²) in [6.45, 7) is 1.69. The van der Waals surface area contributed by atoms with E-state index < -0.39 is 32.4 Å². The molecule has 1 aromatic heterocycles. The van der Waals surface area contributed by atoms with Crippen molar-refractivity contribution in [2.75, 3.05) is 6.61 Å². The first-order valence-corrected chi connectivity index (χ1v) is 11.6. The number of alkyl halides is 3.